The lowest BCUT2D eigenvalue weighted by molar-refractivity contribution is -0.123. The minimum atomic E-state index is -0.659. The van der Waals surface area contributed by atoms with Gasteiger partial charge in [0.05, 0.1) is 18.8 Å². The number of unbranched alkanes of at least 4 members (excludes halogenated alkanes) is 39. The van der Waals surface area contributed by atoms with Gasteiger partial charge in [0.15, 0.2) is 0 Å². The number of aliphatic hydroxyl groups is 2. The molecule has 0 aromatic carbocycles. The van der Waals surface area contributed by atoms with Gasteiger partial charge in [-0.2, -0.15) is 0 Å². The summed E-state index contributed by atoms with van der Waals surface area (Å²) in [7, 11) is 0. The maximum Gasteiger partial charge on any atom is 0.220 e. The average molecular weight is 790 g/mol. The zero-order chi connectivity index (χ0) is 40.7. The second-order valence-electron chi connectivity index (χ2n) is 17.9. The summed E-state index contributed by atoms with van der Waals surface area (Å²) in [5, 5.41) is 23.3. The summed E-state index contributed by atoms with van der Waals surface area (Å²) in [6.07, 6.45) is 61.8. The molecule has 0 aromatic rings. The fourth-order valence-corrected chi connectivity index (χ4v) is 8.30. The average Bonchev–Trinajstić information content (AvgIpc) is 3.20. The van der Waals surface area contributed by atoms with Crippen LogP contribution in [0.25, 0.3) is 0 Å². The van der Waals surface area contributed by atoms with Gasteiger partial charge in [-0.25, -0.2) is 0 Å². The lowest BCUT2D eigenvalue weighted by Crippen LogP contribution is -2.45. The van der Waals surface area contributed by atoms with E-state index in [1.807, 2.05) is 0 Å². The molecule has 3 N–H and O–H groups in total. The van der Waals surface area contributed by atoms with Gasteiger partial charge in [-0.15, -0.1) is 0 Å². The number of carbonyl (C=O) groups excluding carboxylic acids is 1. The third-order valence-corrected chi connectivity index (χ3v) is 12.3. The summed E-state index contributed by atoms with van der Waals surface area (Å²) in [6.45, 7) is 4.39. The van der Waals surface area contributed by atoms with Crippen molar-refractivity contribution in [3.05, 3.63) is 12.2 Å². The molecule has 0 aromatic heterocycles. The van der Waals surface area contributed by atoms with Crippen LogP contribution in [0.3, 0.4) is 0 Å². The number of amides is 1. The molecule has 56 heavy (non-hydrogen) atoms. The van der Waals surface area contributed by atoms with Crippen molar-refractivity contribution in [1.82, 2.24) is 5.32 Å². The van der Waals surface area contributed by atoms with Crippen molar-refractivity contribution in [2.45, 2.75) is 309 Å². The molecule has 0 saturated heterocycles. The Hall–Kier alpha value is -0.870. The third-order valence-electron chi connectivity index (χ3n) is 12.3. The van der Waals surface area contributed by atoms with Crippen LogP contribution >= 0.6 is 0 Å². The Balaban J connectivity index is 3.45. The maximum atomic E-state index is 12.5. The second-order valence-corrected chi connectivity index (χ2v) is 17.9. The van der Waals surface area contributed by atoms with Crippen LogP contribution in [0.2, 0.25) is 0 Å². The van der Waals surface area contributed by atoms with Crippen LogP contribution in [-0.2, 0) is 4.79 Å². The first-order chi connectivity index (χ1) is 27.7. The number of carbonyl (C=O) groups is 1. The second kappa shape index (κ2) is 48.5. The molecular formula is C52H103NO3. The lowest BCUT2D eigenvalue weighted by atomic mass is 10.0. The van der Waals surface area contributed by atoms with Gasteiger partial charge in [0.2, 0.25) is 5.91 Å². The molecule has 0 radical (unpaired) electrons. The van der Waals surface area contributed by atoms with Crippen LogP contribution in [0.15, 0.2) is 12.2 Å². The Labute approximate surface area is 352 Å². The molecule has 1 amide bonds. The minimum absolute atomic E-state index is 0.0307. The maximum absolute atomic E-state index is 12.5. The summed E-state index contributed by atoms with van der Waals surface area (Å²) in [4.78, 5) is 12.5. The Kier molecular flexibility index (Phi) is 47.7. The summed E-state index contributed by atoms with van der Waals surface area (Å²) in [6, 6.07) is -0.536. The highest BCUT2D eigenvalue weighted by atomic mass is 16.3. The van der Waals surface area contributed by atoms with E-state index in [4.69, 9.17) is 0 Å². The molecule has 0 bridgehead atoms. The van der Waals surface area contributed by atoms with E-state index in [9.17, 15) is 15.0 Å². The van der Waals surface area contributed by atoms with Crippen molar-refractivity contribution in [3.63, 3.8) is 0 Å². The lowest BCUT2D eigenvalue weighted by Gasteiger charge is -2.22. The molecule has 2 atom stereocenters. The zero-order valence-corrected chi connectivity index (χ0v) is 38.4. The molecule has 2 unspecified atom stereocenters. The van der Waals surface area contributed by atoms with Gasteiger partial charge in [0.25, 0.3) is 0 Å². The van der Waals surface area contributed by atoms with Crippen molar-refractivity contribution >= 4 is 5.91 Å². The third kappa shape index (κ3) is 44.2. The molecule has 0 saturated carbocycles. The zero-order valence-electron chi connectivity index (χ0n) is 38.4. The largest absolute Gasteiger partial charge is 0.394 e. The fourth-order valence-electron chi connectivity index (χ4n) is 8.30. The first-order valence-electron chi connectivity index (χ1n) is 25.9. The van der Waals surface area contributed by atoms with E-state index in [2.05, 4.69) is 31.3 Å². The number of rotatable bonds is 48. The summed E-state index contributed by atoms with van der Waals surface area (Å²) in [5.74, 6) is -0.0307. The van der Waals surface area contributed by atoms with Gasteiger partial charge < -0.3 is 15.5 Å². The van der Waals surface area contributed by atoms with Gasteiger partial charge >= 0.3 is 0 Å². The summed E-state index contributed by atoms with van der Waals surface area (Å²) in [5.41, 5.74) is 0. The molecule has 334 valence electrons. The topological polar surface area (TPSA) is 69.6 Å². The number of aliphatic hydroxyl groups excluding tert-OH is 2. The predicted octanol–water partition coefficient (Wildman–Crippen LogP) is 16.6. The van der Waals surface area contributed by atoms with Crippen molar-refractivity contribution in [2.75, 3.05) is 6.61 Å². The summed E-state index contributed by atoms with van der Waals surface area (Å²) >= 11 is 0. The molecule has 0 fully saturated rings. The van der Waals surface area contributed by atoms with E-state index in [1.54, 1.807) is 0 Å². The molecule has 0 aliphatic rings. The van der Waals surface area contributed by atoms with Crippen molar-refractivity contribution in [3.8, 4) is 0 Å². The Morgan fingerprint density at radius 3 is 0.982 bits per heavy atom. The van der Waals surface area contributed by atoms with Gasteiger partial charge in [0, 0.05) is 6.42 Å². The molecule has 0 aliphatic heterocycles. The minimum Gasteiger partial charge on any atom is -0.394 e. The number of hydrogen-bond acceptors (Lipinski definition) is 3. The van der Waals surface area contributed by atoms with Crippen molar-refractivity contribution in [2.24, 2.45) is 0 Å². The Morgan fingerprint density at radius 1 is 0.411 bits per heavy atom. The summed E-state index contributed by atoms with van der Waals surface area (Å²) < 4.78 is 0. The van der Waals surface area contributed by atoms with Crippen LogP contribution in [0.1, 0.15) is 296 Å². The fraction of sp³-hybridized carbons (Fsp3) is 0.942. The van der Waals surface area contributed by atoms with Crippen molar-refractivity contribution in [1.29, 1.82) is 0 Å². The number of hydrogen-bond donors (Lipinski definition) is 3. The normalized spacial score (nSPS) is 12.9. The first-order valence-corrected chi connectivity index (χ1v) is 25.9. The van der Waals surface area contributed by atoms with Crippen molar-refractivity contribution < 1.29 is 15.0 Å². The molecule has 4 nitrogen and oxygen atoms in total. The molecular weight excluding hydrogens is 687 g/mol. The van der Waals surface area contributed by atoms with E-state index >= 15 is 0 Å². The highest BCUT2D eigenvalue weighted by molar-refractivity contribution is 5.76. The van der Waals surface area contributed by atoms with E-state index in [0.29, 0.717) is 12.8 Å². The molecule has 0 aliphatic carbocycles. The first kappa shape index (κ1) is 55.1. The highest BCUT2D eigenvalue weighted by Gasteiger charge is 2.20. The molecule has 0 heterocycles. The van der Waals surface area contributed by atoms with Crippen LogP contribution in [0, 0.1) is 0 Å². The molecule has 0 rings (SSSR count). The van der Waals surface area contributed by atoms with Crippen LogP contribution in [-0.4, -0.2) is 34.9 Å². The van der Waals surface area contributed by atoms with E-state index in [0.717, 1.165) is 25.7 Å². The van der Waals surface area contributed by atoms with Crippen LogP contribution in [0.4, 0.5) is 0 Å². The van der Waals surface area contributed by atoms with E-state index < -0.39 is 12.1 Å². The van der Waals surface area contributed by atoms with Gasteiger partial charge in [-0.3, -0.25) is 4.79 Å². The number of allylic oxidation sites excluding steroid dienone is 2. The van der Waals surface area contributed by atoms with Crippen LogP contribution in [0.5, 0.6) is 0 Å². The predicted molar refractivity (Wildman–Crippen MR) is 249 cm³/mol. The van der Waals surface area contributed by atoms with E-state index in [-0.39, 0.29) is 12.5 Å². The highest BCUT2D eigenvalue weighted by Crippen LogP contribution is 2.17. The van der Waals surface area contributed by atoms with E-state index in [1.165, 1.54) is 244 Å². The monoisotopic (exact) mass is 790 g/mol. The SMILES string of the molecule is CCCCCCCCCCC/C=C\CCCCCCCCCC(=O)NC(CO)C(O)CCCCCCCCCCCCCCCCCCCCCCCCCC. The van der Waals surface area contributed by atoms with Crippen LogP contribution < -0.4 is 5.32 Å². The smallest absolute Gasteiger partial charge is 0.220 e. The quantitative estimate of drug-likeness (QED) is 0.0425. The standard InChI is InChI=1S/C52H103NO3/c1-3-5-7-9-11-13-15-17-19-21-23-25-26-27-28-29-31-33-35-37-39-41-43-45-47-51(55)50(49-54)53-52(56)48-46-44-42-40-38-36-34-32-30-24-22-20-18-16-14-12-10-8-6-4-2/h24,30,50-51,54-55H,3-23,25-29,31-49H2,1-2H3,(H,53,56)/b30-24-. The molecule has 4 heteroatoms. The molecule has 0 spiro atoms. The van der Waals surface area contributed by atoms with Gasteiger partial charge in [-0.05, 0) is 38.5 Å². The Bertz CT molecular complexity index is 769. The number of nitrogens with one attached hydrogen (secondary N) is 1. The van der Waals surface area contributed by atoms with Gasteiger partial charge in [0.1, 0.15) is 0 Å². The van der Waals surface area contributed by atoms with Gasteiger partial charge in [-0.1, -0.05) is 264 Å². The Morgan fingerprint density at radius 2 is 0.679 bits per heavy atom.